The fourth-order valence-corrected chi connectivity index (χ4v) is 3.07. The number of morpholine rings is 1. The molecule has 0 amide bonds. The monoisotopic (exact) mass is 309 g/mol. The summed E-state index contributed by atoms with van der Waals surface area (Å²) < 4.78 is 7.79. The molecule has 6 nitrogen and oxygen atoms in total. The van der Waals surface area contributed by atoms with Gasteiger partial charge in [-0.2, -0.15) is 0 Å². The molecule has 1 atom stereocenters. The summed E-state index contributed by atoms with van der Waals surface area (Å²) in [5.74, 6) is 0.886. The number of hydrogen-bond donors (Lipinski definition) is 0. The summed E-state index contributed by atoms with van der Waals surface area (Å²) in [6.45, 7) is 3.38. The van der Waals surface area contributed by atoms with Crippen LogP contribution in [0.2, 0.25) is 0 Å². The third-order valence-corrected chi connectivity index (χ3v) is 4.26. The van der Waals surface area contributed by atoms with Gasteiger partial charge in [-0.05, 0) is 23.8 Å². The molecule has 1 aliphatic heterocycles. The van der Waals surface area contributed by atoms with E-state index < -0.39 is 0 Å². The first-order chi connectivity index (χ1) is 11.3. The number of pyridine rings is 1. The molecule has 118 valence electrons. The minimum atomic E-state index is -0.0154. The molecule has 0 spiro atoms. The van der Waals surface area contributed by atoms with Crippen molar-refractivity contribution in [3.05, 3.63) is 54.2 Å². The molecule has 2 aromatic heterocycles. The Bertz CT molecular complexity index is 815. The minimum Gasteiger partial charge on any atom is -0.368 e. The zero-order chi connectivity index (χ0) is 15.6. The second-order valence-electron chi connectivity index (χ2n) is 5.93. The van der Waals surface area contributed by atoms with Crippen LogP contribution in [0.15, 0.2) is 42.9 Å². The topological polar surface area (TPSA) is 56.1 Å². The lowest BCUT2D eigenvalue weighted by atomic mass is 10.1. The largest absolute Gasteiger partial charge is 0.368 e. The number of ether oxygens (including phenoxy) is 1. The summed E-state index contributed by atoms with van der Waals surface area (Å²) >= 11 is 0. The number of hydrogen-bond acceptors (Lipinski definition) is 5. The van der Waals surface area contributed by atoms with Gasteiger partial charge in [-0.25, -0.2) is 0 Å². The van der Waals surface area contributed by atoms with Gasteiger partial charge in [0, 0.05) is 38.3 Å². The van der Waals surface area contributed by atoms with Crippen LogP contribution in [0.3, 0.4) is 0 Å². The van der Waals surface area contributed by atoms with Crippen LogP contribution >= 0.6 is 0 Å². The minimum absolute atomic E-state index is 0.0154. The average Bonchev–Trinajstić information content (AvgIpc) is 3.01. The smallest absolute Gasteiger partial charge is 0.163 e. The van der Waals surface area contributed by atoms with Gasteiger partial charge < -0.3 is 9.30 Å². The Balaban J connectivity index is 1.50. The molecule has 4 rings (SSSR count). The van der Waals surface area contributed by atoms with Gasteiger partial charge in [0.1, 0.15) is 12.4 Å². The molecule has 0 unspecified atom stereocenters. The molecule has 1 aromatic carbocycles. The maximum absolute atomic E-state index is 5.87. The van der Waals surface area contributed by atoms with E-state index in [0.29, 0.717) is 6.61 Å². The summed E-state index contributed by atoms with van der Waals surface area (Å²) in [4.78, 5) is 6.78. The van der Waals surface area contributed by atoms with Gasteiger partial charge in [0.05, 0.1) is 12.1 Å². The number of aryl methyl sites for hydroxylation is 1. The first-order valence-electron chi connectivity index (χ1n) is 7.81. The maximum atomic E-state index is 5.87. The highest BCUT2D eigenvalue weighted by Crippen LogP contribution is 2.22. The van der Waals surface area contributed by atoms with E-state index in [0.717, 1.165) is 31.0 Å². The van der Waals surface area contributed by atoms with E-state index in [-0.39, 0.29) is 6.10 Å². The Hall–Kier alpha value is -2.31. The summed E-state index contributed by atoms with van der Waals surface area (Å²) in [6, 6.07) is 10.5. The Labute approximate surface area is 134 Å². The third kappa shape index (κ3) is 2.95. The van der Waals surface area contributed by atoms with Crippen LogP contribution in [0.4, 0.5) is 0 Å². The molecule has 23 heavy (non-hydrogen) atoms. The van der Waals surface area contributed by atoms with Gasteiger partial charge in [-0.1, -0.05) is 12.1 Å². The van der Waals surface area contributed by atoms with E-state index in [1.54, 1.807) is 6.33 Å². The van der Waals surface area contributed by atoms with Gasteiger partial charge in [0.2, 0.25) is 0 Å². The Morgan fingerprint density at radius 3 is 3.13 bits per heavy atom. The molecule has 3 heterocycles. The van der Waals surface area contributed by atoms with Gasteiger partial charge in [0.25, 0.3) is 0 Å². The molecule has 1 saturated heterocycles. The van der Waals surface area contributed by atoms with Gasteiger partial charge in [-0.3, -0.25) is 9.88 Å². The van der Waals surface area contributed by atoms with E-state index in [1.807, 2.05) is 23.9 Å². The first-order valence-corrected chi connectivity index (χ1v) is 7.81. The highest BCUT2D eigenvalue weighted by Gasteiger charge is 2.25. The summed E-state index contributed by atoms with van der Waals surface area (Å²) in [7, 11) is 1.95. The van der Waals surface area contributed by atoms with Crippen molar-refractivity contribution in [2.45, 2.75) is 12.6 Å². The fraction of sp³-hybridized carbons (Fsp3) is 0.353. The van der Waals surface area contributed by atoms with Gasteiger partial charge >= 0.3 is 0 Å². The van der Waals surface area contributed by atoms with E-state index in [9.17, 15) is 0 Å². The quantitative estimate of drug-likeness (QED) is 0.740. The predicted molar refractivity (Wildman–Crippen MR) is 86.7 cm³/mol. The molecule has 6 heteroatoms. The molecular formula is C17H19N5O. The molecule has 0 radical (unpaired) electrons. The second-order valence-corrected chi connectivity index (χ2v) is 5.93. The van der Waals surface area contributed by atoms with Crippen LogP contribution in [-0.2, 0) is 18.3 Å². The van der Waals surface area contributed by atoms with Crippen LogP contribution in [-0.4, -0.2) is 44.3 Å². The maximum Gasteiger partial charge on any atom is 0.163 e. The van der Waals surface area contributed by atoms with Crippen LogP contribution in [0, 0.1) is 0 Å². The van der Waals surface area contributed by atoms with E-state index >= 15 is 0 Å². The SMILES string of the molecule is Cn1cnnc1[C@@H]1CN(Cc2ccc3ncccc3c2)CCO1. The van der Waals surface area contributed by atoms with E-state index in [2.05, 4.69) is 44.3 Å². The van der Waals surface area contributed by atoms with Gasteiger partial charge in [0.15, 0.2) is 5.82 Å². The van der Waals surface area contributed by atoms with Gasteiger partial charge in [-0.15, -0.1) is 10.2 Å². The summed E-state index contributed by atoms with van der Waals surface area (Å²) in [5, 5.41) is 9.31. The molecule has 0 saturated carbocycles. The molecule has 0 bridgehead atoms. The van der Waals surface area contributed by atoms with Crippen molar-refractivity contribution in [1.29, 1.82) is 0 Å². The molecule has 0 N–H and O–H groups in total. The molecular weight excluding hydrogens is 290 g/mol. The molecule has 0 aliphatic carbocycles. The Morgan fingerprint density at radius 2 is 2.26 bits per heavy atom. The van der Waals surface area contributed by atoms with Crippen molar-refractivity contribution in [2.24, 2.45) is 7.05 Å². The number of benzene rings is 1. The molecule has 1 fully saturated rings. The zero-order valence-electron chi connectivity index (χ0n) is 13.1. The van der Waals surface area contributed by atoms with Crippen molar-refractivity contribution in [2.75, 3.05) is 19.7 Å². The normalized spacial score (nSPS) is 19.3. The molecule has 1 aliphatic rings. The molecule has 3 aromatic rings. The summed E-state index contributed by atoms with van der Waals surface area (Å²) in [5.41, 5.74) is 2.33. The summed E-state index contributed by atoms with van der Waals surface area (Å²) in [6.07, 6.45) is 3.53. The lowest BCUT2D eigenvalue weighted by Crippen LogP contribution is -2.38. The highest BCUT2D eigenvalue weighted by atomic mass is 16.5. The van der Waals surface area contributed by atoms with E-state index in [4.69, 9.17) is 4.74 Å². The first kappa shape index (κ1) is 14.3. The highest BCUT2D eigenvalue weighted by molar-refractivity contribution is 5.78. The van der Waals surface area contributed by atoms with Crippen molar-refractivity contribution < 1.29 is 4.74 Å². The third-order valence-electron chi connectivity index (χ3n) is 4.26. The van der Waals surface area contributed by atoms with Crippen molar-refractivity contribution >= 4 is 10.9 Å². The number of rotatable bonds is 3. The van der Waals surface area contributed by atoms with Crippen LogP contribution in [0.5, 0.6) is 0 Å². The van der Waals surface area contributed by atoms with E-state index in [1.165, 1.54) is 10.9 Å². The van der Waals surface area contributed by atoms with Crippen molar-refractivity contribution in [1.82, 2.24) is 24.6 Å². The van der Waals surface area contributed by atoms with Crippen molar-refractivity contribution in [3.8, 4) is 0 Å². The second kappa shape index (κ2) is 6.06. The van der Waals surface area contributed by atoms with Crippen LogP contribution < -0.4 is 0 Å². The zero-order valence-corrected chi connectivity index (χ0v) is 13.1. The Morgan fingerprint density at radius 1 is 1.30 bits per heavy atom. The van der Waals surface area contributed by atoms with Crippen LogP contribution in [0.1, 0.15) is 17.5 Å². The number of aromatic nitrogens is 4. The number of fused-ring (bicyclic) bond motifs is 1. The number of nitrogens with zero attached hydrogens (tertiary/aromatic N) is 5. The van der Waals surface area contributed by atoms with Crippen LogP contribution in [0.25, 0.3) is 10.9 Å². The van der Waals surface area contributed by atoms with Crippen molar-refractivity contribution in [3.63, 3.8) is 0 Å². The lowest BCUT2D eigenvalue weighted by Gasteiger charge is -2.32. The average molecular weight is 309 g/mol. The predicted octanol–water partition coefficient (Wildman–Crippen LogP) is 1.94. The Kier molecular flexibility index (Phi) is 3.77. The standard InChI is InChI=1S/C17H19N5O/c1-21-12-19-20-17(21)16-11-22(7-8-23-16)10-13-4-5-15-14(9-13)3-2-6-18-15/h2-6,9,12,16H,7-8,10-11H2,1H3/t16-/m0/s1. The fourth-order valence-electron chi connectivity index (χ4n) is 3.07. The lowest BCUT2D eigenvalue weighted by molar-refractivity contribution is -0.0385.